The molecule has 2 saturated heterocycles. The molecular weight excluding hydrogens is 476 g/mol. The monoisotopic (exact) mass is 514 g/mol. The van der Waals surface area contributed by atoms with E-state index < -0.39 is 6.29 Å². The van der Waals surface area contributed by atoms with Crippen LogP contribution in [0.15, 0.2) is 72.8 Å². The van der Waals surface area contributed by atoms with Gasteiger partial charge in [-0.25, -0.2) is 0 Å². The number of rotatable bonds is 8. The van der Waals surface area contributed by atoms with Crippen LogP contribution in [-0.2, 0) is 27.4 Å². The van der Waals surface area contributed by atoms with Gasteiger partial charge in [0, 0.05) is 32.0 Å². The number of ether oxygens (including phenoxy) is 2. The molecule has 3 aromatic rings. The van der Waals surface area contributed by atoms with Gasteiger partial charge in [0.2, 0.25) is 5.91 Å². The van der Waals surface area contributed by atoms with Crippen LogP contribution in [0.1, 0.15) is 67.3 Å². The third-order valence-corrected chi connectivity index (χ3v) is 7.51. The van der Waals surface area contributed by atoms with E-state index in [9.17, 15) is 9.90 Å². The van der Waals surface area contributed by atoms with E-state index >= 15 is 0 Å². The first-order chi connectivity index (χ1) is 18.6. The molecule has 0 bridgehead atoms. The second-order valence-corrected chi connectivity index (χ2v) is 10.4. The van der Waals surface area contributed by atoms with Gasteiger partial charge in [-0.3, -0.25) is 4.79 Å². The van der Waals surface area contributed by atoms with Crippen LogP contribution in [0, 0.1) is 0 Å². The van der Waals surface area contributed by atoms with E-state index in [0.29, 0.717) is 6.54 Å². The Labute approximate surface area is 225 Å². The highest BCUT2D eigenvalue weighted by atomic mass is 16.7. The number of hydrogen-bond acceptors (Lipinski definition) is 5. The summed E-state index contributed by atoms with van der Waals surface area (Å²) in [5.41, 5.74) is 6.30. The van der Waals surface area contributed by atoms with Crippen molar-refractivity contribution in [1.29, 1.82) is 0 Å². The fraction of sp³-hybridized carbons (Fsp3) is 0.406. The van der Waals surface area contributed by atoms with Gasteiger partial charge < -0.3 is 24.8 Å². The molecule has 0 aromatic heterocycles. The summed E-state index contributed by atoms with van der Waals surface area (Å²) in [7, 11) is 0. The molecule has 0 radical (unpaired) electrons. The predicted octanol–water partition coefficient (Wildman–Crippen LogP) is 5.51. The number of piperidine rings is 1. The zero-order valence-corrected chi connectivity index (χ0v) is 22.1. The van der Waals surface area contributed by atoms with Crippen LogP contribution in [0.3, 0.4) is 0 Å². The fourth-order valence-electron chi connectivity index (χ4n) is 5.38. The van der Waals surface area contributed by atoms with Crippen molar-refractivity contribution in [2.75, 3.05) is 19.6 Å². The summed E-state index contributed by atoms with van der Waals surface area (Å²) in [4.78, 5) is 13.8. The zero-order valence-electron chi connectivity index (χ0n) is 22.1. The van der Waals surface area contributed by atoms with Crippen molar-refractivity contribution >= 4 is 5.91 Å². The van der Waals surface area contributed by atoms with E-state index in [2.05, 4.69) is 58.7 Å². The number of likely N-dealkylation sites (tertiary alicyclic amines) is 1. The number of nitrogens with one attached hydrogen (secondary N) is 1. The standard InChI is InChI=1S/C32H38N2O4/c1-23(36)33-20-25-6-5-7-29(18-25)26-12-14-28(15-13-26)32-37-30(21-34-16-3-2-4-17-34)19-31(38-32)27-10-8-24(22-35)9-11-27/h5-15,18,30-32,35H,2-4,16-17,19-22H2,1H3,(H,33,36)/t30-,31+,32+/m0/s1. The fourth-order valence-corrected chi connectivity index (χ4v) is 5.38. The second kappa shape index (κ2) is 12.7. The molecule has 1 amide bonds. The topological polar surface area (TPSA) is 71.0 Å². The molecule has 3 atom stereocenters. The third kappa shape index (κ3) is 6.88. The van der Waals surface area contributed by atoms with E-state index in [1.54, 1.807) is 0 Å². The lowest BCUT2D eigenvalue weighted by Gasteiger charge is -2.39. The average Bonchev–Trinajstić information content (AvgIpc) is 2.97. The molecule has 0 saturated carbocycles. The van der Waals surface area contributed by atoms with Crippen molar-refractivity contribution in [2.45, 2.75) is 64.3 Å². The average molecular weight is 515 g/mol. The van der Waals surface area contributed by atoms with Gasteiger partial charge in [0.25, 0.3) is 0 Å². The van der Waals surface area contributed by atoms with E-state index in [0.717, 1.165) is 59.4 Å². The highest BCUT2D eigenvalue weighted by molar-refractivity contribution is 5.73. The van der Waals surface area contributed by atoms with Gasteiger partial charge in [-0.05, 0) is 59.8 Å². The van der Waals surface area contributed by atoms with E-state index in [-0.39, 0.29) is 24.7 Å². The minimum atomic E-state index is -0.443. The van der Waals surface area contributed by atoms with Gasteiger partial charge in [-0.2, -0.15) is 0 Å². The molecule has 0 unspecified atom stereocenters. The first-order valence-corrected chi connectivity index (χ1v) is 13.7. The Morgan fingerprint density at radius 1 is 0.895 bits per heavy atom. The van der Waals surface area contributed by atoms with Gasteiger partial charge in [-0.1, -0.05) is 73.2 Å². The molecule has 200 valence electrons. The Balaban J connectivity index is 1.33. The molecule has 6 nitrogen and oxygen atoms in total. The van der Waals surface area contributed by atoms with Crippen LogP contribution in [0.5, 0.6) is 0 Å². The number of hydrogen-bond donors (Lipinski definition) is 2. The van der Waals surface area contributed by atoms with Crippen molar-refractivity contribution in [3.8, 4) is 11.1 Å². The number of amides is 1. The Morgan fingerprint density at radius 3 is 2.34 bits per heavy atom. The molecule has 38 heavy (non-hydrogen) atoms. The summed E-state index contributed by atoms with van der Waals surface area (Å²) >= 11 is 0. The number of benzene rings is 3. The second-order valence-electron chi connectivity index (χ2n) is 10.4. The molecule has 0 spiro atoms. The number of carbonyl (C=O) groups is 1. The molecule has 6 heteroatoms. The van der Waals surface area contributed by atoms with Crippen molar-refractivity contribution < 1.29 is 19.4 Å². The Kier molecular flexibility index (Phi) is 8.86. The molecule has 2 aliphatic heterocycles. The van der Waals surface area contributed by atoms with E-state index in [4.69, 9.17) is 9.47 Å². The SMILES string of the molecule is CC(=O)NCc1cccc(-c2ccc([C@@H]3O[C@H](CN4CCCCC4)C[C@H](c4ccc(CO)cc4)O3)cc2)c1. The largest absolute Gasteiger partial charge is 0.392 e. The third-order valence-electron chi connectivity index (χ3n) is 7.51. The van der Waals surface area contributed by atoms with Crippen molar-refractivity contribution in [3.05, 3.63) is 95.1 Å². The maximum absolute atomic E-state index is 11.3. The minimum Gasteiger partial charge on any atom is -0.392 e. The lowest BCUT2D eigenvalue weighted by molar-refractivity contribution is -0.253. The van der Waals surface area contributed by atoms with Crippen LogP contribution < -0.4 is 5.32 Å². The summed E-state index contributed by atoms with van der Waals surface area (Å²) in [6.45, 7) is 5.28. The Morgan fingerprint density at radius 2 is 1.63 bits per heavy atom. The van der Waals surface area contributed by atoms with E-state index in [1.807, 2.05) is 24.3 Å². The summed E-state index contributed by atoms with van der Waals surface area (Å²) < 4.78 is 13.1. The highest BCUT2D eigenvalue weighted by Crippen LogP contribution is 2.38. The molecule has 2 N–H and O–H groups in total. The molecule has 2 heterocycles. The van der Waals surface area contributed by atoms with Gasteiger partial charge in [0.15, 0.2) is 6.29 Å². The molecule has 2 aliphatic rings. The number of aliphatic hydroxyl groups excluding tert-OH is 1. The molecule has 0 aliphatic carbocycles. The van der Waals surface area contributed by atoms with E-state index in [1.165, 1.54) is 26.2 Å². The molecule has 2 fully saturated rings. The maximum Gasteiger partial charge on any atom is 0.217 e. The summed E-state index contributed by atoms with van der Waals surface area (Å²) in [6, 6.07) is 24.7. The van der Waals surface area contributed by atoms with Crippen LogP contribution in [-0.4, -0.2) is 41.7 Å². The Hall–Kier alpha value is -3.03. The number of carbonyl (C=O) groups excluding carboxylic acids is 1. The van der Waals surface area contributed by atoms with Crippen molar-refractivity contribution in [2.24, 2.45) is 0 Å². The van der Waals surface area contributed by atoms with Crippen LogP contribution >= 0.6 is 0 Å². The molecule has 3 aromatic carbocycles. The summed E-state index contributed by atoms with van der Waals surface area (Å²) in [5, 5.41) is 12.3. The lowest BCUT2D eigenvalue weighted by atomic mass is 9.98. The number of nitrogens with zero attached hydrogens (tertiary/aromatic N) is 1. The van der Waals surface area contributed by atoms with Crippen LogP contribution in [0.4, 0.5) is 0 Å². The lowest BCUT2D eigenvalue weighted by Crippen LogP contribution is -2.41. The van der Waals surface area contributed by atoms with Crippen molar-refractivity contribution in [3.63, 3.8) is 0 Å². The molecule has 5 rings (SSSR count). The van der Waals surface area contributed by atoms with Crippen LogP contribution in [0.2, 0.25) is 0 Å². The quantitative estimate of drug-likeness (QED) is 0.415. The molecular formula is C32H38N2O4. The first-order valence-electron chi connectivity index (χ1n) is 13.7. The zero-order chi connectivity index (χ0) is 26.3. The minimum absolute atomic E-state index is 0.0338. The smallest absolute Gasteiger partial charge is 0.217 e. The maximum atomic E-state index is 11.3. The van der Waals surface area contributed by atoms with Gasteiger partial charge in [0.05, 0.1) is 18.8 Å². The first kappa shape index (κ1) is 26.6. The van der Waals surface area contributed by atoms with Gasteiger partial charge in [0.1, 0.15) is 0 Å². The highest BCUT2D eigenvalue weighted by Gasteiger charge is 2.33. The van der Waals surface area contributed by atoms with Crippen molar-refractivity contribution in [1.82, 2.24) is 10.2 Å². The van der Waals surface area contributed by atoms with Crippen LogP contribution in [0.25, 0.3) is 11.1 Å². The summed E-state index contributed by atoms with van der Waals surface area (Å²) in [5.74, 6) is -0.0338. The van der Waals surface area contributed by atoms with Gasteiger partial charge >= 0.3 is 0 Å². The summed E-state index contributed by atoms with van der Waals surface area (Å²) in [6.07, 6.45) is 4.21. The number of aliphatic hydroxyl groups is 1. The normalized spacial score (nSPS) is 22.2. The Bertz CT molecular complexity index is 1190. The predicted molar refractivity (Wildman–Crippen MR) is 148 cm³/mol. The van der Waals surface area contributed by atoms with Gasteiger partial charge in [-0.15, -0.1) is 0 Å².